The van der Waals surface area contributed by atoms with Crippen molar-refractivity contribution in [3.8, 4) is 0 Å². The first-order chi connectivity index (χ1) is 16.4. The van der Waals surface area contributed by atoms with Crippen LogP contribution >= 0.6 is 15.2 Å². The summed E-state index contributed by atoms with van der Waals surface area (Å²) >= 11 is 0. The SMILES string of the molecule is CCOP(=O)(OCC)C(Cc1cn(Cc2ccc3ccccc3c2)nn1)P(=O)(OCC)OCC. The molecule has 2 aromatic carbocycles. The molecule has 0 saturated heterocycles. The van der Waals surface area contributed by atoms with Gasteiger partial charge in [0.1, 0.15) is 0 Å². The highest BCUT2D eigenvalue weighted by Gasteiger charge is 2.51. The molecule has 9 nitrogen and oxygen atoms in total. The largest absolute Gasteiger partial charge is 0.346 e. The van der Waals surface area contributed by atoms with Gasteiger partial charge in [0, 0.05) is 12.6 Å². The highest BCUT2D eigenvalue weighted by Crippen LogP contribution is 2.71. The van der Waals surface area contributed by atoms with Crippen molar-refractivity contribution in [3.63, 3.8) is 0 Å². The van der Waals surface area contributed by atoms with Crippen molar-refractivity contribution in [3.05, 3.63) is 59.9 Å². The van der Waals surface area contributed by atoms with Crippen molar-refractivity contribution in [1.29, 1.82) is 0 Å². The van der Waals surface area contributed by atoms with Gasteiger partial charge in [0.25, 0.3) is 0 Å². The average Bonchev–Trinajstić information content (AvgIpc) is 3.25. The van der Waals surface area contributed by atoms with Gasteiger partial charge in [-0.1, -0.05) is 41.6 Å². The molecule has 1 heterocycles. The van der Waals surface area contributed by atoms with Crippen molar-refractivity contribution in [2.45, 2.75) is 46.1 Å². The summed E-state index contributed by atoms with van der Waals surface area (Å²) in [6.07, 6.45) is 1.75. The number of fused-ring (bicyclic) bond motifs is 1. The third-order valence-corrected chi connectivity index (χ3v) is 11.1. The normalized spacial score (nSPS) is 12.6. The summed E-state index contributed by atoms with van der Waals surface area (Å²) in [5.41, 5.74) is 1.56. The zero-order valence-electron chi connectivity index (χ0n) is 20.1. The fraction of sp³-hybridized carbons (Fsp3) is 0.478. The van der Waals surface area contributed by atoms with E-state index in [0.29, 0.717) is 12.2 Å². The molecule has 0 bridgehead atoms. The third kappa shape index (κ3) is 6.42. The quantitative estimate of drug-likeness (QED) is 0.248. The summed E-state index contributed by atoms with van der Waals surface area (Å²) < 4.78 is 51.2. The molecule has 1 aromatic heterocycles. The van der Waals surface area contributed by atoms with E-state index in [1.165, 1.54) is 5.39 Å². The van der Waals surface area contributed by atoms with Crippen LogP contribution in [0.2, 0.25) is 0 Å². The van der Waals surface area contributed by atoms with Gasteiger partial charge in [-0.25, -0.2) is 4.68 Å². The Hall–Kier alpha value is -1.86. The van der Waals surface area contributed by atoms with E-state index in [0.717, 1.165) is 10.9 Å². The minimum Gasteiger partial charge on any atom is -0.308 e. The minimum atomic E-state index is -3.85. The molecule has 0 aliphatic heterocycles. The van der Waals surface area contributed by atoms with E-state index < -0.39 is 20.6 Å². The standard InChI is InChI=1S/C23H33N3O6P2/c1-5-29-33(27,30-6-2)23(34(28,31-7-3)32-8-4)16-22-18-26(25-24-22)17-19-13-14-20-11-9-10-12-21(20)15-19/h9-15,18,23H,5-8,16-17H2,1-4H3. The lowest BCUT2D eigenvalue weighted by Gasteiger charge is -2.30. The summed E-state index contributed by atoms with van der Waals surface area (Å²) in [5, 5.41) is 9.59. The van der Waals surface area contributed by atoms with Gasteiger partial charge in [0.05, 0.1) is 38.7 Å². The van der Waals surface area contributed by atoms with E-state index >= 15 is 0 Å². The van der Waals surface area contributed by atoms with Crippen LogP contribution < -0.4 is 0 Å². The van der Waals surface area contributed by atoms with Crippen LogP contribution in [0.3, 0.4) is 0 Å². The van der Waals surface area contributed by atoms with Gasteiger partial charge in [-0.15, -0.1) is 5.10 Å². The lowest BCUT2D eigenvalue weighted by atomic mass is 10.1. The zero-order valence-corrected chi connectivity index (χ0v) is 21.9. The molecule has 0 fully saturated rings. The van der Waals surface area contributed by atoms with Crippen molar-refractivity contribution in [2.24, 2.45) is 0 Å². The van der Waals surface area contributed by atoms with E-state index in [1.54, 1.807) is 38.6 Å². The smallest absolute Gasteiger partial charge is 0.308 e. The average molecular weight is 509 g/mol. The number of rotatable bonds is 14. The van der Waals surface area contributed by atoms with E-state index in [2.05, 4.69) is 34.6 Å². The van der Waals surface area contributed by atoms with Crippen LogP contribution in [0.25, 0.3) is 10.8 Å². The van der Waals surface area contributed by atoms with Gasteiger partial charge in [-0.2, -0.15) is 0 Å². The number of hydrogen-bond donors (Lipinski definition) is 0. The van der Waals surface area contributed by atoms with E-state index in [4.69, 9.17) is 18.1 Å². The molecule has 34 heavy (non-hydrogen) atoms. The van der Waals surface area contributed by atoms with Gasteiger partial charge in [-0.3, -0.25) is 9.13 Å². The number of hydrogen-bond acceptors (Lipinski definition) is 8. The summed E-state index contributed by atoms with van der Waals surface area (Å²) in [6.45, 7) is 7.82. The predicted octanol–water partition coefficient (Wildman–Crippen LogP) is 5.88. The molecule has 3 rings (SSSR count). The van der Waals surface area contributed by atoms with Crippen LogP contribution in [0.4, 0.5) is 0 Å². The van der Waals surface area contributed by atoms with Crippen molar-refractivity contribution in [2.75, 3.05) is 26.4 Å². The highest BCUT2D eigenvalue weighted by molar-refractivity contribution is 7.72. The van der Waals surface area contributed by atoms with Gasteiger partial charge in [0.2, 0.25) is 0 Å². The minimum absolute atomic E-state index is 0.00623. The Bertz CT molecular complexity index is 1120. The summed E-state index contributed by atoms with van der Waals surface area (Å²) in [7, 11) is -7.70. The van der Waals surface area contributed by atoms with Crippen LogP contribution in [0.1, 0.15) is 39.0 Å². The number of benzene rings is 2. The van der Waals surface area contributed by atoms with Crippen LogP contribution in [0.5, 0.6) is 0 Å². The molecule has 186 valence electrons. The molecule has 0 amide bonds. The number of nitrogens with zero attached hydrogens (tertiary/aromatic N) is 3. The Morgan fingerprint density at radius 2 is 1.38 bits per heavy atom. The van der Waals surface area contributed by atoms with Gasteiger partial charge < -0.3 is 18.1 Å². The van der Waals surface area contributed by atoms with Gasteiger partial charge >= 0.3 is 15.2 Å². The van der Waals surface area contributed by atoms with Crippen LogP contribution in [0.15, 0.2) is 48.7 Å². The Balaban J connectivity index is 1.88. The molecule has 0 unspecified atom stereocenters. The molecule has 0 saturated carbocycles. The van der Waals surface area contributed by atoms with Crippen LogP contribution in [-0.4, -0.2) is 46.8 Å². The van der Waals surface area contributed by atoms with Crippen LogP contribution in [0, 0.1) is 0 Å². The maximum atomic E-state index is 13.7. The second-order valence-electron chi connectivity index (χ2n) is 7.52. The first kappa shape index (κ1) is 26.7. The van der Waals surface area contributed by atoms with Crippen LogP contribution in [-0.2, 0) is 40.2 Å². The highest BCUT2D eigenvalue weighted by atomic mass is 31.2. The topological polar surface area (TPSA) is 102 Å². The predicted molar refractivity (Wildman–Crippen MR) is 132 cm³/mol. The Labute approximate surface area is 200 Å². The van der Waals surface area contributed by atoms with E-state index in [1.807, 2.05) is 18.2 Å². The molecule has 0 spiro atoms. The summed E-state index contributed by atoms with van der Waals surface area (Å²) in [5.74, 6) is 0. The van der Waals surface area contributed by atoms with Crippen molar-refractivity contribution in [1.82, 2.24) is 15.0 Å². The van der Waals surface area contributed by atoms with E-state index in [9.17, 15) is 9.13 Å². The molecule has 0 N–H and O–H groups in total. The molecule has 11 heteroatoms. The molecular formula is C23H33N3O6P2. The molecule has 0 aliphatic carbocycles. The third-order valence-electron chi connectivity index (χ3n) is 5.10. The molecule has 0 radical (unpaired) electrons. The fourth-order valence-corrected chi connectivity index (χ4v) is 9.04. The summed E-state index contributed by atoms with van der Waals surface area (Å²) in [6, 6.07) is 14.4. The van der Waals surface area contributed by atoms with E-state index in [-0.39, 0.29) is 32.8 Å². The Morgan fingerprint density at radius 3 is 1.94 bits per heavy atom. The monoisotopic (exact) mass is 509 g/mol. The molecular weight excluding hydrogens is 476 g/mol. The van der Waals surface area contributed by atoms with Gasteiger partial charge in [-0.05, 0) is 50.1 Å². The first-order valence-electron chi connectivity index (χ1n) is 11.5. The Kier molecular flexibility index (Phi) is 9.60. The molecule has 3 aromatic rings. The first-order valence-corrected chi connectivity index (χ1v) is 14.7. The molecule has 0 atom stereocenters. The van der Waals surface area contributed by atoms with Crippen molar-refractivity contribution >= 4 is 26.0 Å². The maximum Gasteiger partial charge on any atom is 0.346 e. The lowest BCUT2D eigenvalue weighted by Crippen LogP contribution is -2.20. The molecule has 0 aliphatic rings. The zero-order chi connectivity index (χ0) is 24.6. The second-order valence-corrected chi connectivity index (χ2v) is 12.4. The lowest BCUT2D eigenvalue weighted by molar-refractivity contribution is 0.195. The fourth-order valence-electron chi connectivity index (χ4n) is 3.76. The number of aromatic nitrogens is 3. The Morgan fingerprint density at radius 1 is 0.824 bits per heavy atom. The maximum absolute atomic E-state index is 13.7. The second kappa shape index (κ2) is 12.2. The van der Waals surface area contributed by atoms with Crippen molar-refractivity contribution < 1.29 is 27.2 Å². The van der Waals surface area contributed by atoms with Gasteiger partial charge in [0.15, 0.2) is 5.40 Å². The summed E-state index contributed by atoms with van der Waals surface area (Å²) in [4.78, 5) is 0.